The fourth-order valence-electron chi connectivity index (χ4n) is 4.12. The van der Waals surface area contributed by atoms with Crippen molar-refractivity contribution in [3.8, 4) is 17.0 Å². The molecule has 1 aliphatic heterocycles. The first-order valence-corrected chi connectivity index (χ1v) is 13.7. The molecule has 0 saturated carbocycles. The number of hydrogen-bond donors (Lipinski definition) is 0. The van der Waals surface area contributed by atoms with E-state index in [-0.39, 0.29) is 0 Å². The fraction of sp³-hybridized carbons (Fsp3) is 0.231. The molecule has 3 heterocycles. The van der Waals surface area contributed by atoms with Gasteiger partial charge in [0.15, 0.2) is 4.80 Å². The summed E-state index contributed by atoms with van der Waals surface area (Å²) in [5.41, 5.74) is 3.78. The average molecular weight is 507 g/mol. The minimum absolute atomic E-state index is 0.334. The minimum Gasteiger partial charge on any atom is -0.497 e. The molecule has 1 saturated heterocycles. The maximum absolute atomic E-state index is 12.9. The lowest BCUT2D eigenvalue weighted by Gasteiger charge is -2.16. The van der Waals surface area contributed by atoms with Crippen LogP contribution in [0.25, 0.3) is 11.3 Å². The summed E-state index contributed by atoms with van der Waals surface area (Å²) < 4.78 is 34.8. The van der Waals surface area contributed by atoms with Crippen molar-refractivity contribution in [1.29, 1.82) is 0 Å². The normalized spacial score (nSPS) is 14.9. The quantitative estimate of drug-likeness (QED) is 0.365. The Labute approximate surface area is 209 Å². The zero-order valence-electron chi connectivity index (χ0n) is 19.4. The third-order valence-electron chi connectivity index (χ3n) is 6.01. The van der Waals surface area contributed by atoms with Crippen molar-refractivity contribution in [2.24, 2.45) is 4.99 Å². The molecule has 1 aliphatic rings. The van der Waals surface area contributed by atoms with E-state index >= 15 is 0 Å². The van der Waals surface area contributed by atoms with Gasteiger partial charge >= 0.3 is 0 Å². The average Bonchev–Trinajstić information content (AvgIpc) is 3.57. The number of benzene rings is 2. The number of sulfonamides is 1. The van der Waals surface area contributed by atoms with Gasteiger partial charge in [-0.25, -0.2) is 13.4 Å². The molecule has 180 valence electrons. The smallest absolute Gasteiger partial charge is 0.243 e. The molecule has 5 rings (SSSR count). The Kier molecular flexibility index (Phi) is 6.81. The van der Waals surface area contributed by atoms with Crippen LogP contribution in [-0.2, 0) is 16.6 Å². The van der Waals surface area contributed by atoms with E-state index < -0.39 is 10.0 Å². The van der Waals surface area contributed by atoms with E-state index in [4.69, 9.17) is 9.73 Å². The maximum atomic E-state index is 12.9. The van der Waals surface area contributed by atoms with Crippen LogP contribution in [0.1, 0.15) is 18.4 Å². The largest absolute Gasteiger partial charge is 0.497 e. The summed E-state index contributed by atoms with van der Waals surface area (Å²) >= 11 is 1.54. The molecule has 35 heavy (non-hydrogen) atoms. The van der Waals surface area contributed by atoms with Crippen LogP contribution in [0.3, 0.4) is 0 Å². The number of nitrogens with zero attached hydrogens (tertiary/aromatic N) is 4. The number of ether oxygens (including phenoxy) is 1. The van der Waals surface area contributed by atoms with Crippen LogP contribution in [0.4, 0.5) is 5.69 Å². The third kappa shape index (κ3) is 5.07. The SMILES string of the molecule is COc1ccc(N=c2scc(-c3ccc(S(=O)(=O)N4CCCC4)cc3)n2Cc2cccnc2)cc1. The maximum Gasteiger partial charge on any atom is 0.243 e. The number of rotatable bonds is 7. The standard InChI is InChI=1S/C26H26N4O3S2/c1-33-23-10-8-22(9-11-23)28-26-30(18-20-5-4-14-27-17-20)25(19-34-26)21-6-12-24(13-7-21)35(31,32)29-15-2-3-16-29/h4-14,17,19H,2-3,15-16,18H2,1H3. The second-order valence-corrected chi connectivity index (χ2v) is 11.1. The van der Waals surface area contributed by atoms with Gasteiger partial charge in [0.1, 0.15) is 5.75 Å². The molecule has 2 aromatic carbocycles. The first-order chi connectivity index (χ1) is 17.0. The Morgan fingerprint density at radius 2 is 1.77 bits per heavy atom. The number of hydrogen-bond acceptors (Lipinski definition) is 6. The van der Waals surface area contributed by atoms with E-state index in [2.05, 4.69) is 14.9 Å². The van der Waals surface area contributed by atoms with Crippen LogP contribution in [0.2, 0.25) is 0 Å². The molecule has 0 atom stereocenters. The van der Waals surface area contributed by atoms with E-state index in [1.54, 1.807) is 41.1 Å². The first-order valence-electron chi connectivity index (χ1n) is 11.4. The van der Waals surface area contributed by atoms with Gasteiger partial charge in [-0.2, -0.15) is 4.31 Å². The number of aromatic nitrogens is 2. The molecule has 0 spiro atoms. The molecule has 0 unspecified atom stereocenters. The molecule has 4 aromatic rings. The van der Waals surface area contributed by atoms with Crippen molar-refractivity contribution < 1.29 is 13.2 Å². The van der Waals surface area contributed by atoms with Gasteiger partial charge in [0.25, 0.3) is 0 Å². The molecule has 0 aliphatic carbocycles. The Bertz CT molecular complexity index is 1450. The molecule has 0 bridgehead atoms. The highest BCUT2D eigenvalue weighted by atomic mass is 32.2. The minimum atomic E-state index is -3.45. The molecule has 1 fully saturated rings. The van der Waals surface area contributed by atoms with Gasteiger partial charge < -0.3 is 9.30 Å². The predicted molar refractivity (Wildman–Crippen MR) is 137 cm³/mol. The molecule has 0 N–H and O–H groups in total. The summed E-state index contributed by atoms with van der Waals surface area (Å²) in [6.45, 7) is 1.78. The summed E-state index contributed by atoms with van der Waals surface area (Å²) in [6.07, 6.45) is 5.43. The van der Waals surface area contributed by atoms with E-state index in [1.807, 2.05) is 54.7 Å². The van der Waals surface area contributed by atoms with Gasteiger partial charge in [-0.15, -0.1) is 11.3 Å². The molecule has 0 radical (unpaired) electrons. The van der Waals surface area contributed by atoms with Crippen LogP contribution >= 0.6 is 11.3 Å². The highest BCUT2D eigenvalue weighted by Crippen LogP contribution is 2.26. The van der Waals surface area contributed by atoms with Crippen molar-refractivity contribution in [2.75, 3.05) is 20.2 Å². The Hall–Kier alpha value is -3.27. The van der Waals surface area contributed by atoms with Crippen molar-refractivity contribution in [3.63, 3.8) is 0 Å². The Morgan fingerprint density at radius 1 is 1.03 bits per heavy atom. The summed E-state index contributed by atoms with van der Waals surface area (Å²) in [6, 6.07) is 18.7. The summed E-state index contributed by atoms with van der Waals surface area (Å²) in [4.78, 5) is 10.3. The lowest BCUT2D eigenvalue weighted by molar-refractivity contribution is 0.415. The highest BCUT2D eigenvalue weighted by Gasteiger charge is 2.27. The molecular weight excluding hydrogens is 480 g/mol. The van der Waals surface area contributed by atoms with Crippen molar-refractivity contribution in [2.45, 2.75) is 24.3 Å². The first kappa shape index (κ1) is 23.5. The van der Waals surface area contributed by atoms with Gasteiger partial charge in [-0.1, -0.05) is 18.2 Å². The molecule has 9 heteroatoms. The van der Waals surface area contributed by atoms with E-state index in [0.717, 1.165) is 45.9 Å². The second kappa shape index (κ2) is 10.2. The van der Waals surface area contributed by atoms with Crippen molar-refractivity contribution in [1.82, 2.24) is 13.9 Å². The lowest BCUT2D eigenvalue weighted by Crippen LogP contribution is -2.27. The van der Waals surface area contributed by atoms with Crippen LogP contribution in [0.5, 0.6) is 5.75 Å². The van der Waals surface area contributed by atoms with E-state index in [0.29, 0.717) is 24.5 Å². The molecule has 7 nitrogen and oxygen atoms in total. The zero-order chi connectivity index (χ0) is 24.3. The third-order valence-corrected chi connectivity index (χ3v) is 8.79. The second-order valence-electron chi connectivity index (χ2n) is 8.30. The van der Waals surface area contributed by atoms with Crippen LogP contribution in [0, 0.1) is 0 Å². The monoisotopic (exact) mass is 506 g/mol. The highest BCUT2D eigenvalue weighted by molar-refractivity contribution is 7.89. The van der Waals surface area contributed by atoms with Crippen molar-refractivity contribution in [3.05, 3.63) is 88.8 Å². The molecule has 0 amide bonds. The van der Waals surface area contributed by atoms with E-state index in [1.165, 1.54) is 0 Å². The van der Waals surface area contributed by atoms with Gasteiger partial charge in [-0.05, 0) is 66.4 Å². The van der Waals surface area contributed by atoms with Gasteiger partial charge in [0, 0.05) is 30.9 Å². The zero-order valence-corrected chi connectivity index (χ0v) is 21.0. The van der Waals surface area contributed by atoms with Crippen LogP contribution in [0.15, 0.2) is 88.3 Å². The number of pyridine rings is 1. The number of methoxy groups -OCH3 is 1. The van der Waals surface area contributed by atoms with Crippen molar-refractivity contribution >= 4 is 27.0 Å². The summed E-state index contributed by atoms with van der Waals surface area (Å²) in [5, 5.41) is 2.06. The van der Waals surface area contributed by atoms with E-state index in [9.17, 15) is 8.42 Å². The Morgan fingerprint density at radius 3 is 2.43 bits per heavy atom. The van der Waals surface area contributed by atoms with Gasteiger partial charge in [0.05, 0.1) is 29.9 Å². The summed E-state index contributed by atoms with van der Waals surface area (Å²) in [5.74, 6) is 0.781. The van der Waals surface area contributed by atoms with Crippen LogP contribution < -0.4 is 9.54 Å². The summed E-state index contributed by atoms with van der Waals surface area (Å²) in [7, 11) is -1.81. The lowest BCUT2D eigenvalue weighted by atomic mass is 10.1. The topological polar surface area (TPSA) is 76.8 Å². The van der Waals surface area contributed by atoms with Gasteiger partial charge in [-0.3, -0.25) is 4.98 Å². The van der Waals surface area contributed by atoms with Crippen LogP contribution in [-0.4, -0.2) is 42.5 Å². The predicted octanol–water partition coefficient (Wildman–Crippen LogP) is 4.69. The molecule has 2 aromatic heterocycles. The molecular formula is C26H26N4O3S2. The van der Waals surface area contributed by atoms with Gasteiger partial charge in [0.2, 0.25) is 10.0 Å². The Balaban J connectivity index is 1.53. The fourth-order valence-corrected chi connectivity index (χ4v) is 6.56. The number of thiazole rings is 1.